The second-order valence-corrected chi connectivity index (χ2v) is 7.24. The first-order chi connectivity index (χ1) is 11.2. The van der Waals surface area contributed by atoms with Crippen LogP contribution in [0, 0.1) is 6.92 Å². The normalized spacial score (nSPS) is 11.4. The fourth-order valence-electron chi connectivity index (χ4n) is 1.88. The molecular weight excluding hydrogens is 330 g/mol. The Balaban J connectivity index is 2.39. The zero-order chi connectivity index (χ0) is 17.9. The third-order valence-electron chi connectivity index (χ3n) is 3.20. The molecule has 2 heterocycles. The van der Waals surface area contributed by atoms with Crippen LogP contribution in [-0.4, -0.2) is 42.7 Å². The van der Waals surface area contributed by atoms with Gasteiger partial charge in [-0.1, -0.05) is 0 Å². The average molecular weight is 349 g/mol. The Morgan fingerprint density at radius 1 is 1.17 bits per heavy atom. The predicted molar refractivity (Wildman–Crippen MR) is 92.7 cm³/mol. The van der Waals surface area contributed by atoms with Gasteiger partial charge in [0.05, 0.1) is 11.4 Å². The highest BCUT2D eigenvalue weighted by atomic mass is 32.2. The zero-order valence-electron chi connectivity index (χ0n) is 13.9. The number of pyridine rings is 2. The van der Waals surface area contributed by atoms with Gasteiger partial charge in [0, 0.05) is 39.0 Å². The molecule has 24 heavy (non-hydrogen) atoms. The maximum absolute atomic E-state index is 12.0. The molecule has 128 valence electrons. The molecule has 0 aromatic carbocycles. The molecule has 0 aliphatic heterocycles. The van der Waals surface area contributed by atoms with E-state index >= 15 is 0 Å². The molecule has 0 saturated heterocycles. The molecule has 0 aliphatic carbocycles. The molecule has 0 unspecified atom stereocenters. The van der Waals surface area contributed by atoms with Gasteiger partial charge in [-0.3, -0.25) is 14.5 Å². The Morgan fingerprint density at radius 3 is 2.50 bits per heavy atom. The number of hydrogen-bond acceptors (Lipinski definition) is 5. The minimum atomic E-state index is -3.62. The third-order valence-corrected chi connectivity index (χ3v) is 4.64. The Bertz CT molecular complexity index is 865. The average Bonchev–Trinajstić information content (AvgIpc) is 2.48. The summed E-state index contributed by atoms with van der Waals surface area (Å²) in [7, 11) is -0.739. The fraction of sp³-hybridized carbons (Fsp3) is 0.267. The Morgan fingerprint density at radius 2 is 1.88 bits per heavy atom. The lowest BCUT2D eigenvalue weighted by atomic mass is 10.1. The number of carbonyl (C=O) groups is 1. The molecule has 2 N–H and O–H groups in total. The van der Waals surface area contributed by atoms with Crippen molar-refractivity contribution in [2.75, 3.05) is 24.1 Å². The first-order valence-corrected chi connectivity index (χ1v) is 8.54. The summed E-state index contributed by atoms with van der Waals surface area (Å²) in [5, 5.41) is 2.61. The minimum Gasteiger partial charge on any atom is -0.311 e. The van der Waals surface area contributed by atoms with Crippen LogP contribution in [0.2, 0.25) is 0 Å². The maximum atomic E-state index is 12.0. The standard InChI is InChI=1S/C15H19N5O3S/c1-10-14(19-24(22,23)20(3)4)7-13(9-17-10)12-5-6-16-15(8-12)18-11(2)21/h5-9,19H,1-4H3,(H,16,18,21). The molecule has 2 aromatic heterocycles. The van der Waals surface area contributed by atoms with Crippen molar-refractivity contribution in [3.63, 3.8) is 0 Å². The van der Waals surface area contributed by atoms with Gasteiger partial charge in [-0.15, -0.1) is 0 Å². The van der Waals surface area contributed by atoms with E-state index in [9.17, 15) is 13.2 Å². The van der Waals surface area contributed by atoms with Gasteiger partial charge in [0.15, 0.2) is 0 Å². The van der Waals surface area contributed by atoms with Crippen LogP contribution in [0.25, 0.3) is 11.1 Å². The minimum absolute atomic E-state index is 0.221. The van der Waals surface area contributed by atoms with Gasteiger partial charge in [-0.2, -0.15) is 12.7 Å². The van der Waals surface area contributed by atoms with Crippen molar-refractivity contribution in [2.24, 2.45) is 0 Å². The van der Waals surface area contributed by atoms with E-state index in [1.165, 1.54) is 21.0 Å². The molecule has 9 heteroatoms. The van der Waals surface area contributed by atoms with Gasteiger partial charge in [-0.25, -0.2) is 4.98 Å². The molecule has 0 bridgehead atoms. The highest BCUT2D eigenvalue weighted by Crippen LogP contribution is 2.25. The van der Waals surface area contributed by atoms with E-state index in [0.29, 0.717) is 22.8 Å². The van der Waals surface area contributed by atoms with Crippen LogP contribution in [0.15, 0.2) is 30.6 Å². The topological polar surface area (TPSA) is 104 Å². The van der Waals surface area contributed by atoms with E-state index in [2.05, 4.69) is 20.0 Å². The number of nitrogens with zero attached hydrogens (tertiary/aromatic N) is 3. The van der Waals surface area contributed by atoms with Crippen molar-refractivity contribution in [1.29, 1.82) is 0 Å². The SMILES string of the molecule is CC(=O)Nc1cc(-c2cnc(C)c(NS(=O)(=O)N(C)C)c2)ccn1. The number of carbonyl (C=O) groups excluding carboxylic acids is 1. The molecule has 1 amide bonds. The summed E-state index contributed by atoms with van der Waals surface area (Å²) in [6.07, 6.45) is 3.19. The van der Waals surface area contributed by atoms with Crippen molar-refractivity contribution >= 4 is 27.6 Å². The molecule has 0 fully saturated rings. The summed E-state index contributed by atoms with van der Waals surface area (Å²) < 4.78 is 27.6. The number of amides is 1. The van der Waals surface area contributed by atoms with Crippen LogP contribution < -0.4 is 10.0 Å². The molecule has 2 rings (SSSR count). The molecule has 8 nitrogen and oxygen atoms in total. The molecule has 2 aromatic rings. The third kappa shape index (κ3) is 4.27. The Hall–Kier alpha value is -2.52. The molecular formula is C15H19N5O3S. The van der Waals surface area contributed by atoms with Crippen LogP contribution >= 0.6 is 0 Å². The fourth-order valence-corrected chi connectivity index (χ4v) is 2.55. The van der Waals surface area contributed by atoms with Crippen LogP contribution in [-0.2, 0) is 15.0 Å². The van der Waals surface area contributed by atoms with Crippen molar-refractivity contribution < 1.29 is 13.2 Å². The van der Waals surface area contributed by atoms with Gasteiger partial charge in [-0.05, 0) is 30.7 Å². The first kappa shape index (κ1) is 17.8. The van der Waals surface area contributed by atoms with Crippen molar-refractivity contribution in [3.05, 3.63) is 36.3 Å². The second-order valence-electron chi connectivity index (χ2n) is 5.36. The molecule has 0 saturated carbocycles. The highest BCUT2D eigenvalue weighted by molar-refractivity contribution is 7.90. The lowest BCUT2D eigenvalue weighted by Crippen LogP contribution is -2.29. The summed E-state index contributed by atoms with van der Waals surface area (Å²) in [4.78, 5) is 19.4. The van der Waals surface area contributed by atoms with Gasteiger partial charge < -0.3 is 5.32 Å². The van der Waals surface area contributed by atoms with Crippen molar-refractivity contribution in [1.82, 2.24) is 14.3 Å². The molecule has 0 radical (unpaired) electrons. The summed E-state index contributed by atoms with van der Waals surface area (Å²) >= 11 is 0. The lowest BCUT2D eigenvalue weighted by Gasteiger charge is -2.15. The number of rotatable bonds is 5. The largest absolute Gasteiger partial charge is 0.311 e. The summed E-state index contributed by atoms with van der Waals surface area (Å²) in [5.74, 6) is 0.192. The summed E-state index contributed by atoms with van der Waals surface area (Å²) in [5.41, 5.74) is 2.40. The van der Waals surface area contributed by atoms with Gasteiger partial charge in [0.1, 0.15) is 5.82 Å². The number of aryl methyl sites for hydroxylation is 1. The highest BCUT2D eigenvalue weighted by Gasteiger charge is 2.15. The van der Waals surface area contributed by atoms with Crippen LogP contribution in [0.1, 0.15) is 12.6 Å². The number of aromatic nitrogens is 2. The smallest absolute Gasteiger partial charge is 0.301 e. The lowest BCUT2D eigenvalue weighted by molar-refractivity contribution is -0.114. The maximum Gasteiger partial charge on any atom is 0.301 e. The Kier molecular flexibility index (Phi) is 5.15. The Labute approximate surface area is 141 Å². The number of nitrogens with one attached hydrogen (secondary N) is 2. The van der Waals surface area contributed by atoms with Gasteiger partial charge >= 0.3 is 10.2 Å². The van der Waals surface area contributed by atoms with E-state index in [-0.39, 0.29) is 5.91 Å². The zero-order valence-corrected chi connectivity index (χ0v) is 14.7. The van der Waals surface area contributed by atoms with Crippen LogP contribution in [0.4, 0.5) is 11.5 Å². The van der Waals surface area contributed by atoms with E-state index in [1.807, 2.05) is 0 Å². The predicted octanol–water partition coefficient (Wildman–Crippen LogP) is 1.63. The monoisotopic (exact) mass is 349 g/mol. The van der Waals surface area contributed by atoms with E-state index in [1.54, 1.807) is 37.5 Å². The molecule has 0 spiro atoms. The first-order valence-electron chi connectivity index (χ1n) is 7.10. The summed E-state index contributed by atoms with van der Waals surface area (Å²) in [6.45, 7) is 3.11. The second kappa shape index (κ2) is 6.93. The quantitative estimate of drug-likeness (QED) is 0.854. The van der Waals surface area contributed by atoms with E-state index in [0.717, 1.165) is 9.87 Å². The van der Waals surface area contributed by atoms with Crippen LogP contribution in [0.5, 0.6) is 0 Å². The van der Waals surface area contributed by atoms with Crippen molar-refractivity contribution in [2.45, 2.75) is 13.8 Å². The van der Waals surface area contributed by atoms with E-state index in [4.69, 9.17) is 0 Å². The van der Waals surface area contributed by atoms with E-state index < -0.39 is 10.2 Å². The van der Waals surface area contributed by atoms with Crippen LogP contribution in [0.3, 0.4) is 0 Å². The number of hydrogen-bond donors (Lipinski definition) is 2. The van der Waals surface area contributed by atoms with Crippen molar-refractivity contribution in [3.8, 4) is 11.1 Å². The van der Waals surface area contributed by atoms with Gasteiger partial charge in [0.2, 0.25) is 5.91 Å². The van der Waals surface area contributed by atoms with Gasteiger partial charge in [0.25, 0.3) is 0 Å². The molecule has 0 atom stereocenters. The molecule has 0 aliphatic rings. The summed E-state index contributed by atoms with van der Waals surface area (Å²) in [6, 6.07) is 5.14. The number of anilines is 2.